The fourth-order valence-corrected chi connectivity index (χ4v) is 5.45. The van der Waals surface area contributed by atoms with Crippen LogP contribution >= 0.6 is 11.3 Å². The molecule has 0 atom stereocenters. The number of thiazole rings is 1. The zero-order valence-electron chi connectivity index (χ0n) is 20.1. The summed E-state index contributed by atoms with van der Waals surface area (Å²) in [5.74, 6) is 1.58. The second kappa shape index (κ2) is 10.3. The van der Waals surface area contributed by atoms with Crippen LogP contribution in [0.25, 0.3) is 10.6 Å². The Kier molecular flexibility index (Phi) is 7.28. The fraction of sp³-hybridized carbons (Fsp3) is 0.423. The highest BCUT2D eigenvalue weighted by Gasteiger charge is 2.28. The molecule has 0 bridgehead atoms. The molecule has 174 valence electrons. The Balaban J connectivity index is 1.50. The number of nitrogens with zero attached hydrogens (tertiary/aromatic N) is 5. The highest BCUT2D eigenvalue weighted by atomic mass is 32.1. The van der Waals surface area contributed by atoms with E-state index >= 15 is 0 Å². The summed E-state index contributed by atoms with van der Waals surface area (Å²) in [5.41, 5.74) is 3.34. The van der Waals surface area contributed by atoms with E-state index in [4.69, 9.17) is 9.97 Å². The van der Waals surface area contributed by atoms with Gasteiger partial charge in [-0.15, -0.1) is 0 Å². The van der Waals surface area contributed by atoms with E-state index in [0.717, 1.165) is 65.3 Å². The number of hydrogen-bond acceptors (Lipinski definition) is 7. The number of pyridine rings is 2. The van der Waals surface area contributed by atoms with Crippen LogP contribution in [0.3, 0.4) is 0 Å². The molecule has 4 rings (SSSR count). The van der Waals surface area contributed by atoms with E-state index in [2.05, 4.69) is 54.4 Å². The molecule has 7 heteroatoms. The summed E-state index contributed by atoms with van der Waals surface area (Å²) in [6.07, 6.45) is 7.05. The zero-order valence-corrected chi connectivity index (χ0v) is 20.9. The van der Waals surface area contributed by atoms with Crippen LogP contribution in [0.15, 0.2) is 55.0 Å². The monoisotopic (exact) mass is 462 g/mol. The first-order valence-corrected chi connectivity index (χ1v) is 12.6. The van der Waals surface area contributed by atoms with Gasteiger partial charge in [-0.25, -0.2) is 15.0 Å². The summed E-state index contributed by atoms with van der Waals surface area (Å²) in [7, 11) is 0. The lowest BCUT2D eigenvalue weighted by atomic mass is 10.0. The van der Waals surface area contributed by atoms with Crippen molar-refractivity contribution in [2.75, 3.05) is 23.3 Å². The lowest BCUT2D eigenvalue weighted by molar-refractivity contribution is 0.249. The van der Waals surface area contributed by atoms with Gasteiger partial charge in [-0.3, -0.25) is 0 Å². The van der Waals surface area contributed by atoms with Gasteiger partial charge in [0.2, 0.25) is 0 Å². The molecule has 4 heterocycles. The average Bonchev–Trinajstić information content (AvgIpc) is 3.29. The van der Waals surface area contributed by atoms with Crippen molar-refractivity contribution in [2.45, 2.75) is 59.0 Å². The average molecular weight is 463 g/mol. The molecule has 0 aliphatic carbocycles. The molecule has 1 fully saturated rings. The lowest BCUT2D eigenvalue weighted by Gasteiger charge is -2.41. The lowest BCUT2D eigenvalue weighted by Crippen LogP contribution is -2.47. The zero-order chi connectivity index (χ0) is 23.4. The first-order valence-electron chi connectivity index (χ1n) is 11.8. The van der Waals surface area contributed by atoms with Crippen molar-refractivity contribution in [1.29, 1.82) is 0 Å². The Morgan fingerprint density at radius 1 is 1.21 bits per heavy atom. The first-order chi connectivity index (χ1) is 15.9. The summed E-state index contributed by atoms with van der Waals surface area (Å²) in [6, 6.07) is 10.9. The van der Waals surface area contributed by atoms with Gasteiger partial charge in [-0.2, -0.15) is 0 Å². The maximum absolute atomic E-state index is 4.83. The van der Waals surface area contributed by atoms with E-state index in [-0.39, 0.29) is 0 Å². The van der Waals surface area contributed by atoms with E-state index < -0.39 is 0 Å². The van der Waals surface area contributed by atoms with E-state index in [1.165, 1.54) is 5.70 Å². The van der Waals surface area contributed by atoms with Crippen LogP contribution in [0.2, 0.25) is 0 Å². The minimum Gasteiger partial charge on any atom is -0.375 e. The van der Waals surface area contributed by atoms with Gasteiger partial charge in [-0.05, 0) is 69.9 Å². The van der Waals surface area contributed by atoms with Crippen molar-refractivity contribution in [3.8, 4) is 10.6 Å². The van der Waals surface area contributed by atoms with Crippen molar-refractivity contribution in [3.63, 3.8) is 0 Å². The molecular formula is C26H34N6S. The van der Waals surface area contributed by atoms with Gasteiger partial charge in [0, 0.05) is 43.3 Å². The van der Waals surface area contributed by atoms with Crippen molar-refractivity contribution < 1.29 is 0 Å². The van der Waals surface area contributed by atoms with Gasteiger partial charge in [0.25, 0.3) is 0 Å². The quantitative estimate of drug-likeness (QED) is 0.427. The SMILES string of the molecule is C=C(CC)N1CCC(N(c2ncc(-c3cccc(Nc4cc(C)ccn4)n3)s2)C(C)C)CC1. The van der Waals surface area contributed by atoms with Gasteiger partial charge in [0.05, 0.1) is 10.6 Å². The Hall–Kier alpha value is -2.93. The summed E-state index contributed by atoms with van der Waals surface area (Å²) in [4.78, 5) is 20.0. The number of hydrogen-bond donors (Lipinski definition) is 1. The molecule has 0 spiro atoms. The topological polar surface area (TPSA) is 57.2 Å². The Morgan fingerprint density at radius 3 is 2.70 bits per heavy atom. The number of piperidine rings is 1. The maximum Gasteiger partial charge on any atom is 0.186 e. The van der Waals surface area contributed by atoms with Crippen LogP contribution in [0.5, 0.6) is 0 Å². The minimum atomic E-state index is 0.392. The summed E-state index contributed by atoms with van der Waals surface area (Å²) in [6.45, 7) is 15.1. The molecule has 6 nitrogen and oxygen atoms in total. The molecule has 0 aromatic carbocycles. The molecule has 0 amide bonds. The van der Waals surface area contributed by atoms with Crippen LogP contribution < -0.4 is 10.2 Å². The van der Waals surface area contributed by atoms with Crippen LogP contribution in [0.1, 0.15) is 45.6 Å². The molecule has 33 heavy (non-hydrogen) atoms. The number of allylic oxidation sites excluding steroid dienone is 1. The van der Waals surface area contributed by atoms with Crippen LogP contribution in [-0.4, -0.2) is 45.0 Å². The molecule has 1 N–H and O–H groups in total. The highest BCUT2D eigenvalue weighted by molar-refractivity contribution is 7.18. The standard InChI is InChI=1S/C26H34N6S/c1-6-20(5)31-14-11-21(12-15-31)32(18(2)3)26-28-17-23(33-26)22-8-7-9-24(29-22)30-25-16-19(4)10-13-27-25/h7-10,13,16-18,21H,5-6,11-12,14-15H2,1-4H3,(H,27,29,30). The van der Waals surface area contributed by atoms with Crippen molar-refractivity contribution >= 4 is 28.1 Å². The molecule has 0 unspecified atom stereocenters. The second-order valence-electron chi connectivity index (χ2n) is 8.90. The first kappa shape index (κ1) is 23.2. The Bertz CT molecular complexity index is 1080. The van der Waals surface area contributed by atoms with Gasteiger partial charge in [0.15, 0.2) is 5.13 Å². The molecule has 3 aromatic heterocycles. The summed E-state index contributed by atoms with van der Waals surface area (Å²) in [5, 5.41) is 4.39. The van der Waals surface area contributed by atoms with E-state index in [0.29, 0.717) is 12.1 Å². The van der Waals surface area contributed by atoms with E-state index in [1.54, 1.807) is 17.5 Å². The Labute approximate surface area is 201 Å². The van der Waals surface area contributed by atoms with Gasteiger partial charge in [0.1, 0.15) is 11.6 Å². The molecule has 0 radical (unpaired) electrons. The third-order valence-electron chi connectivity index (χ3n) is 6.16. The maximum atomic E-state index is 4.83. The third kappa shape index (κ3) is 5.53. The van der Waals surface area contributed by atoms with Crippen LogP contribution in [0, 0.1) is 6.92 Å². The van der Waals surface area contributed by atoms with Gasteiger partial charge >= 0.3 is 0 Å². The molecule has 0 saturated carbocycles. The minimum absolute atomic E-state index is 0.392. The predicted molar refractivity (Wildman–Crippen MR) is 139 cm³/mol. The number of aromatic nitrogens is 3. The molecular weight excluding hydrogens is 428 g/mol. The summed E-state index contributed by atoms with van der Waals surface area (Å²) < 4.78 is 0. The van der Waals surface area contributed by atoms with Crippen molar-refractivity contribution in [3.05, 3.63) is 60.6 Å². The van der Waals surface area contributed by atoms with Crippen molar-refractivity contribution in [2.24, 2.45) is 0 Å². The van der Waals surface area contributed by atoms with E-state index in [1.807, 2.05) is 36.5 Å². The normalized spacial score (nSPS) is 14.5. The van der Waals surface area contributed by atoms with Crippen molar-refractivity contribution in [1.82, 2.24) is 19.9 Å². The number of anilines is 3. The molecule has 1 saturated heterocycles. The largest absolute Gasteiger partial charge is 0.375 e. The van der Waals surface area contributed by atoms with E-state index in [9.17, 15) is 0 Å². The van der Waals surface area contributed by atoms with Crippen LogP contribution in [-0.2, 0) is 0 Å². The number of rotatable bonds is 8. The molecule has 1 aliphatic rings. The Morgan fingerprint density at radius 2 is 2.00 bits per heavy atom. The number of nitrogens with one attached hydrogen (secondary N) is 1. The molecule has 3 aromatic rings. The highest BCUT2D eigenvalue weighted by Crippen LogP contribution is 2.35. The smallest absolute Gasteiger partial charge is 0.186 e. The fourth-order valence-electron chi connectivity index (χ4n) is 4.36. The van der Waals surface area contributed by atoms with Crippen LogP contribution in [0.4, 0.5) is 16.8 Å². The van der Waals surface area contributed by atoms with Gasteiger partial charge < -0.3 is 15.1 Å². The second-order valence-corrected chi connectivity index (χ2v) is 9.91. The number of aryl methyl sites for hydroxylation is 1. The van der Waals surface area contributed by atoms with Gasteiger partial charge in [-0.1, -0.05) is 30.9 Å². The number of likely N-dealkylation sites (tertiary alicyclic amines) is 1. The third-order valence-corrected chi connectivity index (χ3v) is 7.19. The molecule has 1 aliphatic heterocycles. The summed E-state index contributed by atoms with van der Waals surface area (Å²) >= 11 is 1.72. The predicted octanol–water partition coefficient (Wildman–Crippen LogP) is 6.26.